The van der Waals surface area contributed by atoms with Gasteiger partial charge in [0.15, 0.2) is 5.75 Å². The first-order valence-electron chi connectivity index (χ1n) is 7.22. The first kappa shape index (κ1) is 17.2. The molecule has 0 aromatic heterocycles. The van der Waals surface area contributed by atoms with Crippen molar-refractivity contribution in [2.24, 2.45) is 5.92 Å². The Morgan fingerprint density at radius 3 is 2.50 bits per heavy atom. The van der Waals surface area contributed by atoms with Crippen LogP contribution in [0.15, 0.2) is 12.1 Å². The van der Waals surface area contributed by atoms with E-state index < -0.39 is 0 Å². The molecule has 1 saturated carbocycles. The number of rotatable bonds is 5. The van der Waals surface area contributed by atoms with Crippen LogP contribution in [0.25, 0.3) is 0 Å². The van der Waals surface area contributed by atoms with Crippen molar-refractivity contribution in [3.8, 4) is 5.75 Å². The van der Waals surface area contributed by atoms with E-state index in [0.29, 0.717) is 40.6 Å². The van der Waals surface area contributed by atoms with Crippen molar-refractivity contribution in [2.45, 2.75) is 25.9 Å². The Kier molecular flexibility index (Phi) is 5.78. The maximum absolute atomic E-state index is 12.1. The van der Waals surface area contributed by atoms with Crippen LogP contribution in [0.3, 0.4) is 0 Å². The third-order valence-corrected chi connectivity index (χ3v) is 4.19. The van der Waals surface area contributed by atoms with E-state index in [-0.39, 0.29) is 12.1 Å². The van der Waals surface area contributed by atoms with E-state index in [9.17, 15) is 9.90 Å². The van der Waals surface area contributed by atoms with Gasteiger partial charge in [-0.05, 0) is 37.8 Å². The largest absolute Gasteiger partial charge is 0.491 e. The van der Waals surface area contributed by atoms with E-state index in [1.54, 1.807) is 24.1 Å². The fourth-order valence-corrected chi connectivity index (χ4v) is 3.05. The molecule has 0 heterocycles. The van der Waals surface area contributed by atoms with E-state index in [0.717, 1.165) is 12.8 Å². The van der Waals surface area contributed by atoms with Gasteiger partial charge in [0.1, 0.15) is 0 Å². The summed E-state index contributed by atoms with van der Waals surface area (Å²) in [4.78, 5) is 13.7. The fourth-order valence-electron chi connectivity index (χ4n) is 2.45. The number of benzene rings is 1. The highest BCUT2D eigenvalue weighted by molar-refractivity contribution is 6.37. The van der Waals surface area contributed by atoms with E-state index in [1.807, 2.05) is 6.92 Å². The van der Waals surface area contributed by atoms with Crippen LogP contribution < -0.4 is 10.1 Å². The van der Waals surface area contributed by atoms with Gasteiger partial charge in [-0.25, -0.2) is 4.79 Å². The number of amides is 2. The van der Waals surface area contributed by atoms with Crippen molar-refractivity contribution < 1.29 is 14.6 Å². The number of nitrogens with one attached hydrogen (secondary N) is 1. The summed E-state index contributed by atoms with van der Waals surface area (Å²) in [5.41, 5.74) is 0.518. The number of hydrogen-bond acceptors (Lipinski definition) is 3. The molecule has 0 radical (unpaired) electrons. The molecular formula is C15H20Cl2N2O3. The quantitative estimate of drug-likeness (QED) is 0.855. The molecule has 2 N–H and O–H groups in total. The minimum atomic E-state index is -0.238. The number of carbonyl (C=O) groups is 1. The third kappa shape index (κ3) is 4.18. The summed E-state index contributed by atoms with van der Waals surface area (Å²) in [6.45, 7) is 2.91. The lowest BCUT2D eigenvalue weighted by atomic mass is 9.82. The van der Waals surface area contributed by atoms with Crippen molar-refractivity contribution in [1.82, 2.24) is 4.90 Å². The molecule has 22 heavy (non-hydrogen) atoms. The molecule has 0 bridgehead atoms. The molecule has 5 nitrogen and oxygen atoms in total. The average molecular weight is 347 g/mol. The molecule has 0 spiro atoms. The predicted molar refractivity (Wildman–Crippen MR) is 88.0 cm³/mol. The molecule has 1 aromatic carbocycles. The second-order valence-corrected chi connectivity index (χ2v) is 6.32. The van der Waals surface area contributed by atoms with Crippen molar-refractivity contribution >= 4 is 34.9 Å². The maximum Gasteiger partial charge on any atom is 0.321 e. The number of nitrogens with zero attached hydrogens (tertiary/aromatic N) is 1. The molecule has 1 aromatic rings. The van der Waals surface area contributed by atoms with Crippen LogP contribution in [0.4, 0.5) is 10.5 Å². The van der Waals surface area contributed by atoms with Crippen molar-refractivity contribution in [3.05, 3.63) is 22.2 Å². The number of carbonyl (C=O) groups excluding carboxylic acids is 1. The molecule has 0 saturated heterocycles. The number of urea groups is 1. The lowest BCUT2D eigenvalue weighted by Crippen LogP contribution is -2.41. The number of ether oxygens (including phenoxy) is 1. The molecule has 2 amide bonds. The Morgan fingerprint density at radius 2 is 2.00 bits per heavy atom. The van der Waals surface area contributed by atoms with Gasteiger partial charge in [0.2, 0.25) is 0 Å². The summed E-state index contributed by atoms with van der Waals surface area (Å²) >= 11 is 12.2. The number of anilines is 1. The Hall–Kier alpha value is -1.17. The summed E-state index contributed by atoms with van der Waals surface area (Å²) in [5.74, 6) is 0.777. The van der Waals surface area contributed by atoms with Gasteiger partial charge in [0.05, 0.1) is 22.8 Å². The maximum atomic E-state index is 12.1. The molecule has 0 atom stereocenters. The predicted octanol–water partition coefficient (Wildman–Crippen LogP) is 3.63. The zero-order valence-electron chi connectivity index (χ0n) is 12.6. The second kappa shape index (κ2) is 7.40. The van der Waals surface area contributed by atoms with E-state index in [2.05, 4.69) is 5.32 Å². The number of aliphatic hydroxyl groups is 1. The minimum Gasteiger partial charge on any atom is -0.491 e. The Bertz CT molecular complexity index is 525. The standard InChI is InChI=1S/C15H20Cl2N2O3/c1-3-22-14-12(16)6-10(7-13(14)17)18-15(21)19(2)8-9-4-11(20)5-9/h6-7,9,11,20H,3-5,8H2,1-2H3,(H,18,21). The monoisotopic (exact) mass is 346 g/mol. The molecule has 7 heteroatoms. The average Bonchev–Trinajstić information content (AvgIpc) is 2.41. The molecule has 1 aliphatic rings. The highest BCUT2D eigenvalue weighted by Gasteiger charge is 2.29. The zero-order chi connectivity index (χ0) is 16.3. The van der Waals surface area contributed by atoms with Gasteiger partial charge in [-0.2, -0.15) is 0 Å². The lowest BCUT2D eigenvalue weighted by Gasteiger charge is -2.34. The summed E-state index contributed by atoms with van der Waals surface area (Å²) in [6, 6.07) is 2.98. The summed E-state index contributed by atoms with van der Waals surface area (Å²) in [7, 11) is 1.72. The molecule has 0 unspecified atom stereocenters. The topological polar surface area (TPSA) is 61.8 Å². The Morgan fingerprint density at radius 1 is 1.41 bits per heavy atom. The third-order valence-electron chi connectivity index (χ3n) is 3.63. The molecule has 2 rings (SSSR count). The van der Waals surface area contributed by atoms with Gasteiger partial charge >= 0.3 is 6.03 Å². The van der Waals surface area contributed by atoms with Crippen LogP contribution in [-0.4, -0.2) is 42.3 Å². The number of halogens is 2. The molecule has 1 aliphatic carbocycles. The van der Waals surface area contributed by atoms with Crippen LogP contribution in [-0.2, 0) is 0 Å². The lowest BCUT2D eigenvalue weighted by molar-refractivity contribution is 0.0332. The van der Waals surface area contributed by atoms with Crippen molar-refractivity contribution in [3.63, 3.8) is 0 Å². The normalized spacial score (nSPS) is 20.2. The van der Waals surface area contributed by atoms with E-state index in [4.69, 9.17) is 27.9 Å². The zero-order valence-corrected chi connectivity index (χ0v) is 14.1. The molecule has 1 fully saturated rings. The van der Waals surface area contributed by atoms with E-state index in [1.165, 1.54) is 0 Å². The summed E-state index contributed by atoms with van der Waals surface area (Å²) in [5, 5.41) is 12.7. The summed E-state index contributed by atoms with van der Waals surface area (Å²) < 4.78 is 5.35. The van der Waals surface area contributed by atoms with Gasteiger partial charge < -0.3 is 20.1 Å². The van der Waals surface area contributed by atoms with Gasteiger partial charge in [-0.3, -0.25) is 0 Å². The first-order chi connectivity index (χ1) is 10.4. The Balaban J connectivity index is 1.96. The molecule has 0 aliphatic heterocycles. The Labute approximate surface area is 140 Å². The SMILES string of the molecule is CCOc1c(Cl)cc(NC(=O)N(C)CC2CC(O)C2)cc1Cl. The second-order valence-electron chi connectivity index (χ2n) is 5.50. The highest BCUT2D eigenvalue weighted by atomic mass is 35.5. The van der Waals surface area contributed by atoms with Gasteiger partial charge in [0.25, 0.3) is 0 Å². The molecular weight excluding hydrogens is 327 g/mol. The van der Waals surface area contributed by atoms with Crippen LogP contribution in [0.1, 0.15) is 19.8 Å². The number of aliphatic hydroxyl groups excluding tert-OH is 1. The van der Waals surface area contributed by atoms with Gasteiger partial charge in [0, 0.05) is 19.3 Å². The van der Waals surface area contributed by atoms with Crippen LogP contribution >= 0.6 is 23.2 Å². The molecule has 122 valence electrons. The highest BCUT2D eigenvalue weighted by Crippen LogP contribution is 2.36. The first-order valence-corrected chi connectivity index (χ1v) is 7.98. The minimum absolute atomic E-state index is 0.217. The van der Waals surface area contributed by atoms with Gasteiger partial charge in [-0.15, -0.1) is 0 Å². The van der Waals surface area contributed by atoms with E-state index >= 15 is 0 Å². The summed E-state index contributed by atoms with van der Waals surface area (Å²) in [6.07, 6.45) is 1.28. The van der Waals surface area contributed by atoms with Crippen molar-refractivity contribution in [1.29, 1.82) is 0 Å². The smallest absolute Gasteiger partial charge is 0.321 e. The fraction of sp³-hybridized carbons (Fsp3) is 0.533. The van der Waals surface area contributed by atoms with Crippen LogP contribution in [0.5, 0.6) is 5.75 Å². The van der Waals surface area contributed by atoms with Crippen LogP contribution in [0.2, 0.25) is 10.0 Å². The number of hydrogen-bond donors (Lipinski definition) is 2. The van der Waals surface area contributed by atoms with Crippen molar-refractivity contribution in [2.75, 3.05) is 25.5 Å². The van der Waals surface area contributed by atoms with Gasteiger partial charge in [-0.1, -0.05) is 23.2 Å². The van der Waals surface area contributed by atoms with Crippen LogP contribution in [0, 0.1) is 5.92 Å².